The van der Waals surface area contributed by atoms with Gasteiger partial charge in [0.2, 0.25) is 0 Å². The Morgan fingerprint density at radius 3 is 0.500 bits per heavy atom. The number of hydrogen-bond donors (Lipinski definition) is 0. The van der Waals surface area contributed by atoms with E-state index in [1.54, 1.807) is 14.2 Å². The van der Waals surface area contributed by atoms with Gasteiger partial charge in [0.1, 0.15) is 52.7 Å². The monoisotopic (exact) mass is 777 g/mol. The maximum atomic E-state index is 15.4. The van der Waals surface area contributed by atoms with Gasteiger partial charge in [0.25, 0.3) is 0 Å². The van der Waals surface area contributed by atoms with Gasteiger partial charge in [-0.2, -0.15) is 0 Å². The van der Waals surface area contributed by atoms with Crippen LogP contribution in [0.4, 0.5) is 87.8 Å². The molecule has 2 nitrogen and oxygen atoms in total. The fourth-order valence-electron chi connectivity index (χ4n) is 5.04. The number of benzene rings is 4. The van der Waals surface area contributed by atoms with Crippen molar-refractivity contribution in [1.82, 2.24) is 0 Å². The molecule has 0 amide bonds. The Morgan fingerprint density at radius 2 is 0.385 bits per heavy atom. The van der Waals surface area contributed by atoms with Crippen molar-refractivity contribution < 1.29 is 97.3 Å². The van der Waals surface area contributed by atoms with Crippen molar-refractivity contribution in [3.05, 3.63) is 116 Å². The van der Waals surface area contributed by atoms with E-state index in [1.165, 1.54) is 0 Å². The van der Waals surface area contributed by atoms with Crippen molar-refractivity contribution in [2.45, 2.75) is 0 Å². The number of hydrogen-bond acceptors (Lipinski definition) is 2. The van der Waals surface area contributed by atoms with E-state index in [0.717, 1.165) is 0 Å². The van der Waals surface area contributed by atoms with Crippen molar-refractivity contribution >= 4 is 46.9 Å². The minimum atomic E-state index is -7.22. The second-order valence-electron chi connectivity index (χ2n) is 9.79. The zero-order chi connectivity index (χ0) is 39.2. The molecule has 4 aromatic rings. The van der Waals surface area contributed by atoms with Gasteiger partial charge in [0, 0.05) is 14.2 Å². The average molecular weight is 777 g/mol. The minimum absolute atomic E-state index is 0. The molecule has 0 atom stereocenters. The first kappa shape index (κ1) is 44.2. The van der Waals surface area contributed by atoms with Crippen LogP contribution < -0.4 is 21.9 Å². The maximum absolute atomic E-state index is 15.4. The van der Waals surface area contributed by atoms with Crippen molar-refractivity contribution in [2.24, 2.45) is 0 Å². The Morgan fingerprint density at radius 1 is 0.269 bits per heavy atom. The Bertz CT molecular complexity index is 1660. The molecule has 0 saturated carbocycles. The summed E-state index contributed by atoms with van der Waals surface area (Å²) in [6.07, 6.45) is -7.22. The normalized spacial score (nSPS) is 11.4. The fourth-order valence-corrected chi connectivity index (χ4v) is 5.04. The van der Waals surface area contributed by atoms with Crippen LogP contribution in [0.2, 0.25) is 0 Å². The summed E-state index contributed by atoms with van der Waals surface area (Å²) in [6, 6.07) is 0. The van der Waals surface area contributed by atoms with E-state index in [2.05, 4.69) is 9.47 Å². The van der Waals surface area contributed by atoms with Gasteiger partial charge in [-0.15, -0.1) is 21.9 Å². The molecule has 0 radical (unpaired) electrons. The summed E-state index contributed by atoms with van der Waals surface area (Å²) < 4.78 is 303. The van der Waals surface area contributed by atoms with Crippen LogP contribution in [0.1, 0.15) is 0 Å². The number of ether oxygens (including phenoxy) is 2. The Labute approximate surface area is 288 Å². The van der Waals surface area contributed by atoms with Gasteiger partial charge in [-0.3, -0.25) is 0 Å². The molecule has 0 aromatic heterocycles. The van der Waals surface area contributed by atoms with Crippen LogP contribution in [0.25, 0.3) is 0 Å². The van der Waals surface area contributed by atoms with Gasteiger partial charge in [0.15, 0.2) is 69.8 Å². The van der Waals surface area contributed by atoms with Crippen molar-refractivity contribution in [3.8, 4) is 0 Å². The van der Waals surface area contributed by atoms with Gasteiger partial charge < -0.3 is 9.47 Å². The molecule has 0 spiro atoms. The molecule has 4 aromatic carbocycles. The molecule has 0 aliphatic heterocycles. The first-order chi connectivity index (χ1) is 23.6. The molecule has 0 saturated heterocycles. The van der Waals surface area contributed by atoms with Crippen LogP contribution in [0.3, 0.4) is 0 Å². The predicted octanol–water partition coefficient (Wildman–Crippen LogP) is 5.48. The zero-order valence-corrected chi connectivity index (χ0v) is 24.4. The number of rotatable bonds is 7. The van der Waals surface area contributed by atoms with Crippen LogP contribution >= 0.6 is 0 Å². The van der Waals surface area contributed by atoms with Crippen LogP contribution in [0.5, 0.6) is 0 Å². The van der Waals surface area contributed by atoms with Gasteiger partial charge in [-0.1, -0.05) is 0 Å². The number of halogens is 20. The molecule has 0 heterocycles. The van der Waals surface area contributed by atoms with Gasteiger partial charge in [-0.05, 0) is 0 Å². The third-order valence-electron chi connectivity index (χ3n) is 7.20. The Balaban J connectivity index is 0.00000123. The second kappa shape index (κ2) is 16.4. The molecule has 24 heteroatoms. The van der Waals surface area contributed by atoms with Gasteiger partial charge in [-0.25, -0.2) is 87.8 Å². The summed E-state index contributed by atoms with van der Waals surface area (Å²) in [6.45, 7) is 1.38. The van der Waals surface area contributed by atoms with Crippen molar-refractivity contribution in [1.29, 1.82) is 0 Å². The van der Waals surface area contributed by atoms with Crippen LogP contribution in [0, 0.1) is 116 Å². The van der Waals surface area contributed by atoms with Gasteiger partial charge >= 0.3 is 18.9 Å². The molecule has 0 aliphatic carbocycles. The van der Waals surface area contributed by atoms with E-state index in [4.69, 9.17) is 0 Å². The standard InChI is InChI=1S/C24BF20.C4H10O2.Li.H/c26-5-1(6(27)14(35)21(42)13(5)34)25(2-7(28)15(36)22(43)16(37)8(2)29,3-9(30)17(38)23(44)18(39)10(3)31)4-11(32)19(40)24(45)20(41)12(4)33;1-5-3-4-6-2;;/h;3-4H2,1-2H3;;/q-1;;;. The molecule has 280 valence electrons. The first-order valence-corrected chi connectivity index (χ1v) is 12.8. The fraction of sp³-hybridized carbons (Fsp3) is 0.143. The van der Waals surface area contributed by atoms with E-state index in [1.807, 2.05) is 0 Å². The van der Waals surface area contributed by atoms with Crippen molar-refractivity contribution in [3.63, 3.8) is 0 Å². The van der Waals surface area contributed by atoms with Crippen LogP contribution in [0.15, 0.2) is 0 Å². The molecule has 4 rings (SSSR count). The third-order valence-corrected chi connectivity index (χ3v) is 7.20. The summed E-state index contributed by atoms with van der Waals surface area (Å²) in [5.41, 5.74) is -14.3. The summed E-state index contributed by atoms with van der Waals surface area (Å²) in [5.74, 6) is -71.4. The van der Waals surface area contributed by atoms with E-state index in [0.29, 0.717) is 13.2 Å². The first-order valence-electron chi connectivity index (χ1n) is 12.8. The predicted molar refractivity (Wildman–Crippen MR) is 140 cm³/mol. The quantitative estimate of drug-likeness (QED) is 0.0816. The Kier molecular flexibility index (Phi) is 13.9. The Hall–Kier alpha value is -3.94. The molecule has 52 heavy (non-hydrogen) atoms. The van der Waals surface area contributed by atoms with E-state index in [9.17, 15) is 52.7 Å². The van der Waals surface area contributed by atoms with E-state index >= 15 is 35.1 Å². The van der Waals surface area contributed by atoms with Crippen molar-refractivity contribution in [2.75, 3.05) is 27.4 Å². The second-order valence-corrected chi connectivity index (χ2v) is 9.79. The third kappa shape index (κ3) is 6.60. The zero-order valence-electron chi connectivity index (χ0n) is 24.4. The summed E-state index contributed by atoms with van der Waals surface area (Å²) in [5, 5.41) is 0. The molecular weight excluding hydrogens is 766 g/mol. The molecule has 0 fully saturated rings. The van der Waals surface area contributed by atoms with Gasteiger partial charge in [0.05, 0.1) is 13.2 Å². The van der Waals surface area contributed by atoms with E-state index < -0.39 is 144 Å². The SMILES string of the molecule is COCCOC.Fc1c(F)c(F)c([B-](c2c(F)c(F)c(F)c(F)c2F)(c2c(F)c(F)c(F)c(F)c2F)c2c(F)c(F)c(F)c(F)c2F)c(F)c1F.[LiH]. The van der Waals surface area contributed by atoms with E-state index in [-0.39, 0.29) is 18.9 Å². The summed E-state index contributed by atoms with van der Waals surface area (Å²) in [4.78, 5) is 0. The summed E-state index contributed by atoms with van der Waals surface area (Å²) >= 11 is 0. The molecular formula is C28H11BF20LiO2-. The molecule has 0 aliphatic rings. The van der Waals surface area contributed by atoms with Crippen LogP contribution in [-0.2, 0) is 9.47 Å². The molecule has 0 N–H and O–H groups in total. The number of methoxy groups -OCH3 is 2. The average Bonchev–Trinajstić information content (AvgIpc) is 3.10. The molecule has 0 unspecified atom stereocenters. The topological polar surface area (TPSA) is 18.5 Å². The molecule has 0 bridgehead atoms. The van der Waals surface area contributed by atoms with Crippen LogP contribution in [-0.4, -0.2) is 52.4 Å². The summed E-state index contributed by atoms with van der Waals surface area (Å²) in [7, 11) is 3.30.